The van der Waals surface area contributed by atoms with E-state index in [2.05, 4.69) is 30.5 Å². The summed E-state index contributed by atoms with van der Waals surface area (Å²) in [5.41, 5.74) is 6.22. The van der Waals surface area contributed by atoms with E-state index < -0.39 is 34.9 Å². The first-order valence-electron chi connectivity index (χ1n) is 11.5. The smallest absolute Gasteiger partial charge is 0.352 e. The lowest BCUT2D eigenvalue weighted by Gasteiger charge is -2.49. The minimum absolute atomic E-state index is 0.0115. The van der Waals surface area contributed by atoms with Crippen LogP contribution in [0.5, 0.6) is 0 Å². The van der Waals surface area contributed by atoms with Crippen molar-refractivity contribution in [1.29, 1.82) is 0 Å². The van der Waals surface area contributed by atoms with E-state index in [0.29, 0.717) is 30.8 Å². The van der Waals surface area contributed by atoms with Gasteiger partial charge in [-0.2, -0.15) is 9.36 Å². The van der Waals surface area contributed by atoms with E-state index in [-0.39, 0.29) is 34.4 Å². The molecule has 0 spiro atoms. The number of carbonyl (C=O) groups is 4. The van der Waals surface area contributed by atoms with Gasteiger partial charge in [0, 0.05) is 36.3 Å². The number of carbonyl (C=O) groups excluding carboxylic acids is 3. The number of ketones is 1. The second kappa shape index (κ2) is 10.2. The van der Waals surface area contributed by atoms with Crippen LogP contribution in [0.1, 0.15) is 18.7 Å². The first-order valence-corrected chi connectivity index (χ1v) is 13.3. The molecule has 2 amide bonds. The molecule has 5 heterocycles. The lowest BCUT2D eigenvalue weighted by Crippen LogP contribution is -2.71. The molecule has 14 nitrogen and oxygen atoms in total. The Bertz CT molecular complexity index is 1250. The van der Waals surface area contributed by atoms with Crippen LogP contribution in [-0.2, 0) is 19.2 Å². The number of carboxylic acid groups (broad SMARTS) is 1. The van der Waals surface area contributed by atoms with Crippen molar-refractivity contribution < 1.29 is 29.5 Å². The van der Waals surface area contributed by atoms with Crippen LogP contribution in [0.4, 0.5) is 5.13 Å². The van der Waals surface area contributed by atoms with Crippen LogP contribution >= 0.6 is 23.3 Å². The monoisotopic (exact) mass is 548 g/mol. The lowest BCUT2D eigenvalue weighted by atomic mass is 9.95. The van der Waals surface area contributed by atoms with Gasteiger partial charge in [0.2, 0.25) is 11.5 Å². The molecule has 0 aliphatic carbocycles. The Balaban J connectivity index is 1.29. The highest BCUT2D eigenvalue weighted by atomic mass is 32.2. The van der Waals surface area contributed by atoms with Crippen LogP contribution in [0.15, 0.2) is 28.1 Å². The number of oxime groups is 1. The van der Waals surface area contributed by atoms with Crippen LogP contribution in [0, 0.1) is 5.92 Å². The molecule has 0 radical (unpaired) electrons. The van der Waals surface area contributed by atoms with Crippen molar-refractivity contribution in [2.45, 2.75) is 30.3 Å². The number of β-lactam (4-membered cyclic amide) rings is 1. The quantitative estimate of drug-likeness (QED) is 0.0995. The number of hydrogen-bond acceptors (Lipinski definition) is 13. The van der Waals surface area contributed by atoms with E-state index >= 15 is 0 Å². The van der Waals surface area contributed by atoms with E-state index in [9.17, 15) is 29.5 Å². The molecule has 0 aromatic carbocycles. The summed E-state index contributed by atoms with van der Waals surface area (Å²) in [7, 11) is 0. The van der Waals surface area contributed by atoms with E-state index in [1.54, 1.807) is 6.08 Å². The number of fused-ring (bicyclic) bond motifs is 1. The highest BCUT2D eigenvalue weighted by Gasteiger charge is 2.54. The third-order valence-corrected chi connectivity index (χ3v) is 8.53. The molecule has 0 bridgehead atoms. The number of rotatable bonds is 7. The summed E-state index contributed by atoms with van der Waals surface area (Å²) in [5, 5.41) is 30.4. The van der Waals surface area contributed by atoms with Crippen molar-refractivity contribution in [3.8, 4) is 0 Å². The number of nitrogens with zero attached hydrogens (tertiary/aromatic N) is 4. The zero-order valence-electron chi connectivity index (χ0n) is 19.3. The molecule has 4 aliphatic heterocycles. The van der Waals surface area contributed by atoms with Gasteiger partial charge >= 0.3 is 5.97 Å². The van der Waals surface area contributed by atoms with E-state index in [1.807, 2.05) is 0 Å². The molecule has 3 saturated heterocycles. The summed E-state index contributed by atoms with van der Waals surface area (Å²) in [5.74, 6) is -2.49. The molecule has 4 atom stereocenters. The number of nitrogen functional groups attached to an aromatic ring is 1. The van der Waals surface area contributed by atoms with Gasteiger partial charge in [-0.05, 0) is 25.0 Å². The maximum Gasteiger partial charge on any atom is 0.352 e. The Hall–Kier alpha value is -3.34. The second-order valence-electron chi connectivity index (χ2n) is 8.98. The maximum absolute atomic E-state index is 12.9. The number of aromatic nitrogens is 2. The number of nitrogens with two attached hydrogens (primary N) is 1. The fourth-order valence-electron chi connectivity index (χ4n) is 4.89. The molecule has 1 aromatic heterocycles. The Morgan fingerprint density at radius 1 is 1.32 bits per heavy atom. The van der Waals surface area contributed by atoms with E-state index in [0.717, 1.165) is 35.0 Å². The third-order valence-electron chi connectivity index (χ3n) is 6.68. The van der Waals surface area contributed by atoms with Gasteiger partial charge in [-0.1, -0.05) is 16.8 Å². The van der Waals surface area contributed by atoms with Crippen LogP contribution in [0.25, 0.3) is 0 Å². The average Bonchev–Trinajstić information content (AvgIpc) is 3.65. The Labute approximate surface area is 218 Å². The van der Waals surface area contributed by atoms with E-state index in [1.165, 1.54) is 11.8 Å². The summed E-state index contributed by atoms with van der Waals surface area (Å²) in [4.78, 5) is 55.4. The highest BCUT2D eigenvalue weighted by Crippen LogP contribution is 2.41. The van der Waals surface area contributed by atoms with Gasteiger partial charge in [0.15, 0.2) is 10.9 Å². The van der Waals surface area contributed by atoms with Crippen molar-refractivity contribution in [3.05, 3.63) is 28.7 Å². The van der Waals surface area contributed by atoms with Crippen LogP contribution in [-0.4, -0.2) is 96.7 Å². The SMILES string of the molecule is Nc1nc(/C(=N/O)C(=O)N[C@@H]2C(=O)N3C(C(=O)O)=C(/C=C4\CNC(C(=O)C5CCNC5)C4)CS[C@H]23)ns1. The first kappa shape index (κ1) is 25.3. The third kappa shape index (κ3) is 4.72. The summed E-state index contributed by atoms with van der Waals surface area (Å²) in [6.07, 6.45) is 3.07. The summed E-state index contributed by atoms with van der Waals surface area (Å²) >= 11 is 2.11. The number of allylic oxidation sites excluding steroid dienone is 1. The normalized spacial score (nSPS) is 28.9. The van der Waals surface area contributed by atoms with Gasteiger partial charge in [0.1, 0.15) is 17.1 Å². The minimum atomic E-state index is -1.26. The zero-order chi connectivity index (χ0) is 26.3. The van der Waals surface area contributed by atoms with Crippen molar-refractivity contribution >= 4 is 57.7 Å². The van der Waals surface area contributed by atoms with Crippen molar-refractivity contribution in [2.75, 3.05) is 31.1 Å². The van der Waals surface area contributed by atoms with Crippen molar-refractivity contribution in [3.63, 3.8) is 0 Å². The average molecular weight is 549 g/mol. The van der Waals surface area contributed by atoms with Gasteiger partial charge in [-0.15, -0.1) is 11.8 Å². The largest absolute Gasteiger partial charge is 0.477 e. The lowest BCUT2D eigenvalue weighted by molar-refractivity contribution is -0.150. The maximum atomic E-state index is 12.9. The van der Waals surface area contributed by atoms with Crippen LogP contribution in [0.3, 0.4) is 0 Å². The van der Waals surface area contributed by atoms with Gasteiger partial charge < -0.3 is 32.0 Å². The molecular formula is C21H24N8O6S2. The standard InChI is InChI=1S/C21H24N8O6S2/c22-21-26-16(28-37-21)12(27-35)17(31)25-13-18(32)29-14(20(33)34)10(7-36-19(13)29)3-8-4-11(24-5-8)15(30)9-1-2-23-6-9/h3,9,11,13,19,23-24,35H,1-2,4-7H2,(H,25,31)(H,33,34)(H2,22,26,28)/b8-3-,27-12-/t9?,11?,13-,19-/m1/s1. The Morgan fingerprint density at radius 2 is 2.14 bits per heavy atom. The Kier molecular flexibility index (Phi) is 6.98. The van der Waals surface area contributed by atoms with Gasteiger partial charge in [0.05, 0.1) is 6.04 Å². The molecule has 7 N–H and O–H groups in total. The summed E-state index contributed by atoms with van der Waals surface area (Å²) in [6.45, 7) is 1.97. The number of aliphatic carboxylic acids is 1. The molecule has 1 aromatic rings. The summed E-state index contributed by atoms with van der Waals surface area (Å²) < 4.78 is 3.82. The molecule has 4 aliphatic rings. The van der Waals surface area contributed by atoms with Crippen LogP contribution < -0.4 is 21.7 Å². The number of carboxylic acids is 1. The molecule has 2 unspecified atom stereocenters. The number of Topliss-reactive ketones (excluding diaryl/α,β-unsaturated/α-hetero) is 1. The van der Waals surface area contributed by atoms with E-state index in [4.69, 9.17) is 5.73 Å². The number of thioether (sulfide) groups is 1. The van der Waals surface area contributed by atoms with Crippen molar-refractivity contribution in [1.82, 2.24) is 30.2 Å². The second-order valence-corrected chi connectivity index (χ2v) is 10.9. The van der Waals surface area contributed by atoms with Crippen molar-refractivity contribution in [2.24, 2.45) is 11.1 Å². The number of anilines is 1. The topological polar surface area (TPSA) is 212 Å². The summed E-state index contributed by atoms with van der Waals surface area (Å²) in [6, 6.07) is -1.33. The fourth-order valence-corrected chi connectivity index (χ4v) is 6.63. The Morgan fingerprint density at radius 3 is 2.78 bits per heavy atom. The predicted octanol–water partition coefficient (Wildman–Crippen LogP) is -1.50. The highest BCUT2D eigenvalue weighted by molar-refractivity contribution is 8.00. The number of hydrogen-bond donors (Lipinski definition) is 6. The molecule has 5 rings (SSSR count). The van der Waals surface area contributed by atoms with Gasteiger partial charge in [-0.3, -0.25) is 19.3 Å². The van der Waals surface area contributed by atoms with Gasteiger partial charge in [0.25, 0.3) is 11.8 Å². The molecule has 16 heteroatoms. The minimum Gasteiger partial charge on any atom is -0.477 e. The van der Waals surface area contributed by atoms with Crippen LogP contribution in [0.2, 0.25) is 0 Å². The fraction of sp³-hybridized carbons (Fsp3) is 0.476. The van der Waals surface area contributed by atoms with Gasteiger partial charge in [-0.25, -0.2) is 4.79 Å². The molecule has 37 heavy (non-hydrogen) atoms. The molecule has 0 saturated carbocycles. The predicted molar refractivity (Wildman–Crippen MR) is 133 cm³/mol. The molecule has 196 valence electrons. The first-order chi connectivity index (χ1) is 17.8. The number of nitrogens with one attached hydrogen (secondary N) is 3. The number of amides is 2. The molecular weight excluding hydrogens is 524 g/mol. The zero-order valence-corrected chi connectivity index (χ0v) is 21.0. The molecule has 3 fully saturated rings.